The Morgan fingerprint density at radius 3 is 2.21 bits per heavy atom. The Morgan fingerprint density at radius 2 is 1.61 bits per heavy atom. The Hall–Kier alpha value is -2.08. The standard InChI is InChI=1S/C27H37F3N2O/c1-4-5-6-7-8-9-10-11-15-21-18-17-20-14-12-13-16-22(20)23(21)24(27(28,29)30)32-19-26(2,3)25(33)31-32/h12-14,16-18,24H,4-11,15,19H2,1-3H3,(H,31,33)/t24-/m0/s1. The minimum Gasteiger partial charge on any atom is -0.287 e. The number of nitrogens with one attached hydrogen (secondary N) is 1. The summed E-state index contributed by atoms with van der Waals surface area (Å²) in [5, 5.41) is 2.49. The molecular formula is C27H37F3N2O. The average Bonchev–Trinajstić information content (AvgIpc) is 3.02. The molecule has 3 rings (SSSR count). The van der Waals surface area contributed by atoms with Gasteiger partial charge in [0.25, 0.3) is 0 Å². The number of halogens is 3. The fourth-order valence-corrected chi connectivity index (χ4v) is 4.80. The van der Waals surface area contributed by atoms with Crippen LogP contribution in [0.4, 0.5) is 13.2 Å². The fraction of sp³-hybridized carbons (Fsp3) is 0.593. The Bertz CT molecular complexity index is 939. The van der Waals surface area contributed by atoms with Crippen LogP contribution in [0.15, 0.2) is 36.4 Å². The van der Waals surface area contributed by atoms with Crippen molar-refractivity contribution in [1.82, 2.24) is 10.4 Å². The molecule has 1 N–H and O–H groups in total. The summed E-state index contributed by atoms with van der Waals surface area (Å²) < 4.78 is 43.6. The number of fused-ring (bicyclic) bond motifs is 1. The van der Waals surface area contributed by atoms with Gasteiger partial charge in [0.2, 0.25) is 5.91 Å². The molecule has 2 aromatic rings. The van der Waals surface area contributed by atoms with Crippen molar-refractivity contribution in [2.75, 3.05) is 6.54 Å². The van der Waals surface area contributed by atoms with Gasteiger partial charge < -0.3 is 0 Å². The number of unbranched alkanes of at least 4 members (excludes halogenated alkanes) is 7. The second kappa shape index (κ2) is 10.9. The van der Waals surface area contributed by atoms with Gasteiger partial charge in [-0.1, -0.05) is 88.3 Å². The zero-order chi connectivity index (χ0) is 24.1. The number of amides is 1. The van der Waals surface area contributed by atoms with Crippen molar-refractivity contribution >= 4 is 16.7 Å². The third-order valence-corrected chi connectivity index (χ3v) is 6.68. The molecule has 0 radical (unpaired) electrons. The topological polar surface area (TPSA) is 32.3 Å². The summed E-state index contributed by atoms with van der Waals surface area (Å²) in [4.78, 5) is 12.3. The quantitative estimate of drug-likeness (QED) is 0.351. The third-order valence-electron chi connectivity index (χ3n) is 6.68. The number of alkyl halides is 3. The van der Waals surface area contributed by atoms with Gasteiger partial charge in [-0.05, 0) is 48.6 Å². The Labute approximate surface area is 195 Å². The van der Waals surface area contributed by atoms with Crippen LogP contribution in [0.3, 0.4) is 0 Å². The summed E-state index contributed by atoms with van der Waals surface area (Å²) in [5.41, 5.74) is 2.65. The van der Waals surface area contributed by atoms with Crippen LogP contribution in [0.5, 0.6) is 0 Å². The first kappa shape index (κ1) is 25.5. The van der Waals surface area contributed by atoms with Gasteiger partial charge in [0.05, 0.1) is 5.41 Å². The summed E-state index contributed by atoms with van der Waals surface area (Å²) in [6.07, 6.45) is 5.24. The van der Waals surface area contributed by atoms with E-state index in [0.717, 1.165) is 35.2 Å². The van der Waals surface area contributed by atoms with Crippen LogP contribution >= 0.6 is 0 Å². The monoisotopic (exact) mass is 462 g/mol. The molecule has 1 saturated heterocycles. The maximum atomic E-state index is 14.5. The molecule has 3 nitrogen and oxygen atoms in total. The van der Waals surface area contributed by atoms with Crippen LogP contribution in [0.1, 0.15) is 89.3 Å². The second-order valence-corrected chi connectivity index (χ2v) is 9.98. The first-order valence-corrected chi connectivity index (χ1v) is 12.3. The molecule has 0 saturated carbocycles. The number of rotatable bonds is 11. The van der Waals surface area contributed by atoms with Crippen LogP contribution in [0.25, 0.3) is 10.8 Å². The van der Waals surface area contributed by atoms with E-state index in [1.165, 1.54) is 32.1 Å². The number of aryl methyl sites for hydroxylation is 1. The number of carbonyl (C=O) groups excluding carboxylic acids is 1. The zero-order valence-electron chi connectivity index (χ0n) is 20.1. The van der Waals surface area contributed by atoms with Gasteiger partial charge in [-0.3, -0.25) is 10.2 Å². The van der Waals surface area contributed by atoms with E-state index in [9.17, 15) is 18.0 Å². The zero-order valence-corrected chi connectivity index (χ0v) is 20.1. The molecule has 1 atom stereocenters. The lowest BCUT2D eigenvalue weighted by molar-refractivity contribution is -0.191. The molecule has 0 bridgehead atoms. The van der Waals surface area contributed by atoms with Crippen molar-refractivity contribution in [3.05, 3.63) is 47.5 Å². The molecule has 1 amide bonds. The van der Waals surface area contributed by atoms with E-state index in [1.54, 1.807) is 26.0 Å². The van der Waals surface area contributed by atoms with Gasteiger partial charge >= 0.3 is 6.18 Å². The summed E-state index contributed by atoms with van der Waals surface area (Å²) in [6.45, 7) is 5.57. The number of nitrogens with zero attached hydrogens (tertiary/aromatic N) is 1. The maximum Gasteiger partial charge on any atom is 0.409 e. The van der Waals surface area contributed by atoms with E-state index in [4.69, 9.17) is 0 Å². The van der Waals surface area contributed by atoms with Gasteiger partial charge in [0.15, 0.2) is 6.04 Å². The number of hydrazine groups is 1. The summed E-state index contributed by atoms with van der Waals surface area (Å²) in [7, 11) is 0. The SMILES string of the molecule is CCCCCCCCCCc1ccc2ccccc2c1[C@H](N1CC(C)(C)C(=O)N1)C(F)(F)F. The van der Waals surface area contributed by atoms with E-state index in [1.807, 2.05) is 24.3 Å². The largest absolute Gasteiger partial charge is 0.409 e. The van der Waals surface area contributed by atoms with Crippen LogP contribution in [-0.2, 0) is 11.2 Å². The third kappa shape index (κ3) is 6.28. The Kier molecular flexibility index (Phi) is 8.43. The molecule has 0 aliphatic carbocycles. The Morgan fingerprint density at radius 1 is 0.970 bits per heavy atom. The molecule has 2 aromatic carbocycles. The highest BCUT2D eigenvalue weighted by atomic mass is 19.4. The van der Waals surface area contributed by atoms with Crippen molar-refractivity contribution in [1.29, 1.82) is 0 Å². The van der Waals surface area contributed by atoms with E-state index < -0.39 is 17.6 Å². The van der Waals surface area contributed by atoms with E-state index >= 15 is 0 Å². The average molecular weight is 463 g/mol. The molecule has 0 spiro atoms. The molecule has 182 valence electrons. The van der Waals surface area contributed by atoms with Crippen LogP contribution < -0.4 is 5.43 Å². The van der Waals surface area contributed by atoms with Crippen molar-refractivity contribution in [3.8, 4) is 0 Å². The lowest BCUT2D eigenvalue weighted by Crippen LogP contribution is -2.44. The van der Waals surface area contributed by atoms with Gasteiger partial charge in [0.1, 0.15) is 0 Å². The molecular weight excluding hydrogens is 425 g/mol. The first-order chi connectivity index (χ1) is 15.6. The number of benzene rings is 2. The fourth-order valence-electron chi connectivity index (χ4n) is 4.80. The van der Waals surface area contributed by atoms with Crippen LogP contribution in [0.2, 0.25) is 0 Å². The highest BCUT2D eigenvalue weighted by molar-refractivity contribution is 5.88. The summed E-state index contributed by atoms with van der Waals surface area (Å²) in [5.74, 6) is -0.374. The van der Waals surface area contributed by atoms with E-state index in [-0.39, 0.29) is 18.0 Å². The molecule has 33 heavy (non-hydrogen) atoms. The van der Waals surface area contributed by atoms with Gasteiger partial charge in [-0.2, -0.15) is 13.2 Å². The summed E-state index contributed by atoms with van der Waals surface area (Å²) >= 11 is 0. The van der Waals surface area contributed by atoms with Gasteiger partial charge in [-0.15, -0.1) is 0 Å². The number of carbonyl (C=O) groups is 1. The molecule has 6 heteroatoms. The highest BCUT2D eigenvalue weighted by Crippen LogP contribution is 2.44. The summed E-state index contributed by atoms with van der Waals surface area (Å²) in [6, 6.07) is 9.13. The van der Waals surface area contributed by atoms with Crippen molar-refractivity contribution in [2.24, 2.45) is 5.41 Å². The Balaban J connectivity index is 1.86. The van der Waals surface area contributed by atoms with Crippen molar-refractivity contribution in [3.63, 3.8) is 0 Å². The van der Waals surface area contributed by atoms with Crippen LogP contribution in [0, 0.1) is 5.41 Å². The normalized spacial score (nSPS) is 17.5. The molecule has 1 aliphatic rings. The van der Waals surface area contributed by atoms with Gasteiger partial charge in [-0.25, -0.2) is 5.01 Å². The lowest BCUT2D eigenvalue weighted by Gasteiger charge is -2.32. The minimum absolute atomic E-state index is 0.0103. The molecule has 0 aromatic heterocycles. The predicted molar refractivity (Wildman–Crippen MR) is 128 cm³/mol. The van der Waals surface area contributed by atoms with Crippen molar-refractivity contribution in [2.45, 2.75) is 90.8 Å². The minimum atomic E-state index is -4.52. The predicted octanol–water partition coefficient (Wildman–Crippen LogP) is 7.50. The molecule has 0 unspecified atom stereocenters. The maximum absolute atomic E-state index is 14.5. The molecule has 1 fully saturated rings. The highest BCUT2D eigenvalue weighted by Gasteiger charge is 2.52. The number of hydrogen-bond acceptors (Lipinski definition) is 2. The van der Waals surface area contributed by atoms with E-state index in [2.05, 4.69) is 12.3 Å². The number of hydrogen-bond donors (Lipinski definition) is 1. The van der Waals surface area contributed by atoms with Gasteiger partial charge in [0, 0.05) is 6.54 Å². The first-order valence-electron chi connectivity index (χ1n) is 12.3. The van der Waals surface area contributed by atoms with E-state index in [0.29, 0.717) is 11.8 Å². The molecule has 1 aliphatic heterocycles. The van der Waals surface area contributed by atoms with Crippen molar-refractivity contribution < 1.29 is 18.0 Å². The van der Waals surface area contributed by atoms with Crippen LogP contribution in [-0.4, -0.2) is 23.6 Å². The second-order valence-electron chi connectivity index (χ2n) is 9.98. The lowest BCUT2D eigenvalue weighted by atomic mass is 9.89. The molecule has 1 heterocycles. The smallest absolute Gasteiger partial charge is 0.287 e.